The van der Waals surface area contributed by atoms with Crippen LogP contribution in [-0.4, -0.2) is 45.5 Å². The first-order chi connectivity index (χ1) is 15.5. The van der Waals surface area contributed by atoms with Crippen LogP contribution < -0.4 is 10.9 Å². The highest BCUT2D eigenvalue weighted by Crippen LogP contribution is 2.23. The van der Waals surface area contributed by atoms with E-state index in [2.05, 4.69) is 16.0 Å². The van der Waals surface area contributed by atoms with E-state index in [0.29, 0.717) is 37.2 Å². The van der Waals surface area contributed by atoms with Crippen LogP contribution >= 0.6 is 0 Å². The van der Waals surface area contributed by atoms with Crippen molar-refractivity contribution in [2.75, 3.05) is 13.1 Å². The van der Waals surface area contributed by atoms with Crippen molar-refractivity contribution in [2.24, 2.45) is 5.92 Å². The number of likely N-dealkylation sites (tertiary alicyclic amines) is 1. The Morgan fingerprint density at radius 2 is 1.53 bits per heavy atom. The predicted octanol–water partition coefficient (Wildman–Crippen LogP) is 2.56. The summed E-state index contributed by atoms with van der Waals surface area (Å²) in [5, 5.41) is 4.62. The summed E-state index contributed by atoms with van der Waals surface area (Å²) >= 11 is 0. The van der Waals surface area contributed by atoms with E-state index in [9.17, 15) is 14.4 Å². The van der Waals surface area contributed by atoms with Crippen LogP contribution in [0.2, 0.25) is 0 Å². The first kappa shape index (κ1) is 21.3. The van der Waals surface area contributed by atoms with Gasteiger partial charge in [-0.15, -0.1) is 0 Å². The highest BCUT2D eigenvalue weighted by Gasteiger charge is 2.27. The van der Waals surface area contributed by atoms with Crippen LogP contribution in [0.25, 0.3) is 16.9 Å². The minimum atomic E-state index is -0.444. The summed E-state index contributed by atoms with van der Waals surface area (Å²) in [6.07, 6.45) is 2.80. The molecule has 164 valence electrons. The van der Waals surface area contributed by atoms with Crippen molar-refractivity contribution in [1.29, 1.82) is 0 Å². The van der Waals surface area contributed by atoms with Crippen LogP contribution in [0.3, 0.4) is 0 Å². The molecule has 0 saturated carbocycles. The Morgan fingerprint density at radius 3 is 2.16 bits per heavy atom. The molecule has 1 saturated heterocycles. The summed E-state index contributed by atoms with van der Waals surface area (Å²) in [4.78, 5) is 38.7. The van der Waals surface area contributed by atoms with Gasteiger partial charge in [0.1, 0.15) is 5.69 Å². The van der Waals surface area contributed by atoms with Crippen molar-refractivity contribution < 1.29 is 14.4 Å². The Kier molecular flexibility index (Phi) is 6.30. The molecule has 1 aromatic heterocycles. The van der Waals surface area contributed by atoms with Crippen molar-refractivity contribution in [3.05, 3.63) is 72.4 Å². The second-order valence-electron chi connectivity index (χ2n) is 7.76. The number of piperidine rings is 1. The maximum atomic E-state index is 13.0. The van der Waals surface area contributed by atoms with E-state index in [-0.39, 0.29) is 17.7 Å². The van der Waals surface area contributed by atoms with Crippen LogP contribution in [0.4, 0.5) is 0 Å². The lowest BCUT2D eigenvalue weighted by Crippen LogP contribution is -2.48. The summed E-state index contributed by atoms with van der Waals surface area (Å²) in [5.74, 6) is -0.925. The Hall–Kier alpha value is -3.94. The van der Waals surface area contributed by atoms with E-state index >= 15 is 0 Å². The van der Waals surface area contributed by atoms with Crippen molar-refractivity contribution in [1.82, 2.24) is 25.5 Å². The van der Waals surface area contributed by atoms with E-state index in [1.165, 1.54) is 6.92 Å². The third-order valence-corrected chi connectivity index (χ3v) is 5.64. The lowest BCUT2D eigenvalue weighted by atomic mass is 9.96. The van der Waals surface area contributed by atoms with Crippen LogP contribution in [-0.2, 0) is 9.59 Å². The number of nitrogens with zero attached hydrogens (tertiary/aromatic N) is 3. The number of hydrogen-bond acceptors (Lipinski definition) is 4. The zero-order valence-electron chi connectivity index (χ0n) is 17.8. The summed E-state index contributed by atoms with van der Waals surface area (Å²) in [6, 6.07) is 18.9. The van der Waals surface area contributed by atoms with E-state index < -0.39 is 5.91 Å². The standard InChI is InChI=1S/C24H25N5O3/c1-17(30)28-14-12-19(13-15-28)23(31)25-26-24(32)21-16-29(20-10-6-3-7-11-20)27-22(21)18-8-4-2-5-9-18/h2-11,16,19H,12-15H2,1H3,(H,25,31)(H,26,32). The molecular formula is C24H25N5O3. The highest BCUT2D eigenvalue weighted by molar-refractivity contribution is 6.00. The molecule has 1 fully saturated rings. The Balaban J connectivity index is 1.49. The number of hydrogen-bond donors (Lipinski definition) is 2. The maximum absolute atomic E-state index is 13.0. The summed E-state index contributed by atoms with van der Waals surface area (Å²) < 4.78 is 1.65. The molecule has 4 rings (SSSR count). The zero-order valence-corrected chi connectivity index (χ0v) is 17.8. The number of aromatic nitrogens is 2. The quantitative estimate of drug-likeness (QED) is 0.621. The smallest absolute Gasteiger partial charge is 0.273 e. The molecule has 0 radical (unpaired) electrons. The second-order valence-corrected chi connectivity index (χ2v) is 7.76. The topological polar surface area (TPSA) is 96.3 Å². The molecule has 8 heteroatoms. The lowest BCUT2D eigenvalue weighted by molar-refractivity contribution is -0.134. The van der Waals surface area contributed by atoms with Crippen LogP contribution in [0.5, 0.6) is 0 Å². The van der Waals surface area contributed by atoms with Gasteiger partial charge in [0.15, 0.2) is 0 Å². The lowest BCUT2D eigenvalue weighted by Gasteiger charge is -2.30. The van der Waals surface area contributed by atoms with E-state index in [4.69, 9.17) is 0 Å². The minimum absolute atomic E-state index is 0.0148. The maximum Gasteiger partial charge on any atom is 0.273 e. The summed E-state index contributed by atoms with van der Waals surface area (Å²) in [5.41, 5.74) is 7.58. The van der Waals surface area contributed by atoms with Crippen LogP contribution in [0.1, 0.15) is 30.1 Å². The molecule has 0 spiro atoms. The molecule has 2 aromatic carbocycles. The van der Waals surface area contributed by atoms with Crippen LogP contribution in [0.15, 0.2) is 66.9 Å². The molecule has 32 heavy (non-hydrogen) atoms. The first-order valence-corrected chi connectivity index (χ1v) is 10.6. The second kappa shape index (κ2) is 9.47. The molecule has 3 aromatic rings. The van der Waals surface area contributed by atoms with Gasteiger partial charge < -0.3 is 4.90 Å². The Bertz CT molecular complexity index is 1100. The number of amides is 3. The van der Waals surface area contributed by atoms with Gasteiger partial charge in [0.25, 0.3) is 5.91 Å². The normalized spacial score (nSPS) is 14.1. The number of nitrogens with one attached hydrogen (secondary N) is 2. The molecule has 0 bridgehead atoms. The fraction of sp³-hybridized carbons (Fsp3) is 0.250. The molecule has 1 aliphatic rings. The van der Waals surface area contributed by atoms with Crippen molar-refractivity contribution in [3.63, 3.8) is 0 Å². The van der Waals surface area contributed by atoms with Crippen molar-refractivity contribution >= 4 is 17.7 Å². The largest absolute Gasteiger partial charge is 0.343 e. The third kappa shape index (κ3) is 4.69. The van der Waals surface area contributed by atoms with Crippen molar-refractivity contribution in [3.8, 4) is 16.9 Å². The Labute approximate surface area is 186 Å². The molecule has 3 amide bonds. The average Bonchev–Trinajstić information content (AvgIpc) is 3.29. The molecule has 2 N–H and O–H groups in total. The number of benzene rings is 2. The molecule has 1 aliphatic heterocycles. The first-order valence-electron chi connectivity index (χ1n) is 10.6. The van der Waals surface area contributed by atoms with Gasteiger partial charge in [0.05, 0.1) is 11.3 Å². The van der Waals surface area contributed by atoms with Gasteiger partial charge >= 0.3 is 0 Å². The van der Waals surface area contributed by atoms with Gasteiger partial charge in [-0.25, -0.2) is 4.68 Å². The number of para-hydroxylation sites is 1. The molecule has 0 unspecified atom stereocenters. The van der Waals surface area contributed by atoms with Crippen molar-refractivity contribution in [2.45, 2.75) is 19.8 Å². The van der Waals surface area contributed by atoms with E-state index in [1.54, 1.807) is 15.8 Å². The van der Waals surface area contributed by atoms with Crippen LogP contribution in [0, 0.1) is 5.92 Å². The Morgan fingerprint density at radius 1 is 0.906 bits per heavy atom. The van der Waals surface area contributed by atoms with Gasteiger partial charge in [0.2, 0.25) is 11.8 Å². The monoisotopic (exact) mass is 431 g/mol. The molecule has 2 heterocycles. The van der Waals surface area contributed by atoms with E-state index in [1.807, 2.05) is 60.7 Å². The SMILES string of the molecule is CC(=O)N1CCC(C(=O)NNC(=O)c2cn(-c3ccccc3)nc2-c2ccccc2)CC1. The minimum Gasteiger partial charge on any atom is -0.343 e. The number of hydrazine groups is 1. The van der Waals surface area contributed by atoms with E-state index in [0.717, 1.165) is 11.3 Å². The predicted molar refractivity (Wildman–Crippen MR) is 120 cm³/mol. The van der Waals surface area contributed by atoms with Gasteiger partial charge in [-0.2, -0.15) is 5.10 Å². The van der Waals surface area contributed by atoms with Gasteiger partial charge in [-0.1, -0.05) is 48.5 Å². The van der Waals surface area contributed by atoms with Gasteiger partial charge in [-0.05, 0) is 25.0 Å². The summed E-state index contributed by atoms with van der Waals surface area (Å²) in [7, 11) is 0. The number of carbonyl (C=O) groups excluding carboxylic acids is 3. The third-order valence-electron chi connectivity index (χ3n) is 5.64. The molecule has 0 atom stereocenters. The zero-order chi connectivity index (χ0) is 22.5. The number of rotatable bonds is 4. The van der Waals surface area contributed by atoms with Gasteiger partial charge in [0, 0.05) is 37.7 Å². The fourth-order valence-electron chi connectivity index (χ4n) is 3.81. The molecular weight excluding hydrogens is 406 g/mol. The average molecular weight is 431 g/mol. The molecule has 0 aliphatic carbocycles. The summed E-state index contributed by atoms with van der Waals surface area (Å²) in [6.45, 7) is 2.62. The molecule has 8 nitrogen and oxygen atoms in total. The number of carbonyl (C=O) groups is 3. The fourth-order valence-corrected chi connectivity index (χ4v) is 3.81. The highest BCUT2D eigenvalue weighted by atomic mass is 16.2. The van der Waals surface area contributed by atoms with Gasteiger partial charge in [-0.3, -0.25) is 25.2 Å².